The highest BCUT2D eigenvalue weighted by atomic mass is 16.5. The number of hydrogen-bond acceptors (Lipinski definition) is 14. The maximum atomic E-state index is 13.8. The first-order chi connectivity index (χ1) is 34.0. The molecule has 6 aromatic rings. The van der Waals surface area contributed by atoms with Crippen LogP contribution in [0.4, 0.5) is 34.5 Å². The number of aromatic nitrogens is 5. The van der Waals surface area contributed by atoms with E-state index in [1.807, 2.05) is 73.5 Å². The van der Waals surface area contributed by atoms with Gasteiger partial charge < -0.3 is 44.8 Å². The van der Waals surface area contributed by atoms with E-state index in [2.05, 4.69) is 52.2 Å². The number of para-hydroxylation sites is 1. The van der Waals surface area contributed by atoms with Crippen molar-refractivity contribution in [3.63, 3.8) is 0 Å². The van der Waals surface area contributed by atoms with Crippen LogP contribution in [0.15, 0.2) is 95.9 Å². The highest BCUT2D eigenvalue weighted by Gasteiger charge is 2.33. The molecule has 18 nitrogen and oxygen atoms in total. The van der Waals surface area contributed by atoms with Gasteiger partial charge in [0.1, 0.15) is 22.9 Å². The number of likely N-dealkylation sites (tertiary alicyclic amines) is 1. The lowest BCUT2D eigenvalue weighted by molar-refractivity contribution is -0.137. The first-order valence-electron chi connectivity index (χ1n) is 24.3. The Hall–Kier alpha value is -7.44. The number of rotatable bonds is 12. The second-order valence-electron chi connectivity index (χ2n) is 18.7. The summed E-state index contributed by atoms with van der Waals surface area (Å²) in [6.45, 7) is 11.5. The Morgan fingerprint density at radius 2 is 1.51 bits per heavy atom. The summed E-state index contributed by atoms with van der Waals surface area (Å²) in [5, 5.41) is 30.1. The van der Waals surface area contributed by atoms with Crippen LogP contribution < -0.4 is 30.4 Å². The molecule has 2 amide bonds. The topological polar surface area (TPSA) is 192 Å². The molecule has 4 N–H and O–H groups in total. The minimum atomic E-state index is -0.419. The number of phenolic OH excluding ortho intramolecular Hbond substituents is 2. The van der Waals surface area contributed by atoms with Gasteiger partial charge in [-0.3, -0.25) is 14.5 Å². The summed E-state index contributed by atoms with van der Waals surface area (Å²) in [5.74, 6) is 2.50. The fraction of sp³-hybridized carbons (Fsp3) is 0.385. The van der Waals surface area contributed by atoms with E-state index in [9.17, 15) is 24.6 Å². The lowest BCUT2D eigenvalue weighted by atomic mass is 9.91. The zero-order valence-corrected chi connectivity index (χ0v) is 39.9. The highest BCUT2D eigenvalue weighted by molar-refractivity contribution is 6.13. The summed E-state index contributed by atoms with van der Waals surface area (Å²) < 4.78 is 7.55. The van der Waals surface area contributed by atoms with Crippen LogP contribution in [-0.2, 0) is 11.3 Å². The highest BCUT2D eigenvalue weighted by Crippen LogP contribution is 2.40. The Morgan fingerprint density at radius 3 is 2.26 bits per heavy atom. The molecule has 0 saturated carbocycles. The van der Waals surface area contributed by atoms with Gasteiger partial charge in [0, 0.05) is 103 Å². The number of nitrogens with zero attached hydrogens (tertiary/aromatic N) is 10. The molecule has 364 valence electrons. The number of amides is 2. The van der Waals surface area contributed by atoms with Crippen molar-refractivity contribution in [2.45, 2.75) is 39.2 Å². The van der Waals surface area contributed by atoms with Crippen molar-refractivity contribution in [2.24, 2.45) is 11.8 Å². The summed E-state index contributed by atoms with van der Waals surface area (Å²) >= 11 is 0. The summed E-state index contributed by atoms with van der Waals surface area (Å²) in [7, 11) is 3.64. The Bertz CT molecular complexity index is 2920. The zero-order valence-electron chi connectivity index (χ0n) is 39.9. The maximum Gasteiger partial charge on any atom is 0.348 e. The summed E-state index contributed by atoms with van der Waals surface area (Å²) in [5.41, 5.74) is 5.46. The maximum absolute atomic E-state index is 13.8. The van der Waals surface area contributed by atoms with Gasteiger partial charge in [0.05, 0.1) is 41.0 Å². The fourth-order valence-electron chi connectivity index (χ4n) is 10.4. The second-order valence-corrected chi connectivity index (χ2v) is 18.7. The number of aromatic hydroxyl groups is 2. The molecule has 0 unspecified atom stereocenters. The van der Waals surface area contributed by atoms with Gasteiger partial charge in [-0.05, 0) is 92.6 Å². The van der Waals surface area contributed by atoms with E-state index in [-0.39, 0.29) is 29.1 Å². The molecule has 4 aromatic carbocycles. The number of nitrogens with one attached hydrogen (secondary N) is 2. The van der Waals surface area contributed by atoms with Crippen LogP contribution in [0.25, 0.3) is 17.1 Å². The molecule has 0 bridgehead atoms. The number of carbonyl (C=O) groups is 2. The van der Waals surface area contributed by atoms with Gasteiger partial charge in [0.25, 0.3) is 5.91 Å². The van der Waals surface area contributed by atoms with E-state index in [1.54, 1.807) is 18.1 Å². The molecule has 70 heavy (non-hydrogen) atoms. The van der Waals surface area contributed by atoms with Crippen LogP contribution in [0.1, 0.15) is 48.5 Å². The third-order valence-electron chi connectivity index (χ3n) is 14.4. The second kappa shape index (κ2) is 19.9. The van der Waals surface area contributed by atoms with Crippen LogP contribution in [0.2, 0.25) is 0 Å². The molecular weight excluding hydrogens is 889 g/mol. The Morgan fingerprint density at radius 1 is 0.786 bits per heavy atom. The van der Waals surface area contributed by atoms with Crippen molar-refractivity contribution < 1.29 is 24.5 Å². The number of piperidine rings is 2. The summed E-state index contributed by atoms with van der Waals surface area (Å²) in [4.78, 5) is 62.3. The number of ether oxygens (including phenoxy) is 1. The Kier molecular flexibility index (Phi) is 13.2. The number of phenols is 2. The number of carbonyl (C=O) groups excluding carboxylic acids is 2. The first kappa shape index (κ1) is 46.3. The molecule has 4 aliphatic heterocycles. The predicted octanol–water partition coefficient (Wildman–Crippen LogP) is 6.20. The quantitative estimate of drug-likeness (QED) is 0.108. The first-order valence-corrected chi connectivity index (χ1v) is 24.3. The number of benzene rings is 4. The number of aromatic amines is 1. The zero-order chi connectivity index (χ0) is 48.5. The fourth-order valence-corrected chi connectivity index (χ4v) is 10.4. The van der Waals surface area contributed by atoms with Gasteiger partial charge in [-0.15, -0.1) is 0 Å². The van der Waals surface area contributed by atoms with E-state index >= 15 is 0 Å². The lowest BCUT2D eigenvalue weighted by Gasteiger charge is -2.40. The molecule has 6 heterocycles. The van der Waals surface area contributed by atoms with Gasteiger partial charge in [-0.1, -0.05) is 24.3 Å². The minimum absolute atomic E-state index is 0.0280. The van der Waals surface area contributed by atoms with Crippen LogP contribution in [0.3, 0.4) is 0 Å². The van der Waals surface area contributed by atoms with Gasteiger partial charge in [-0.2, -0.15) is 10.1 Å². The van der Waals surface area contributed by atoms with Crippen molar-refractivity contribution in [2.75, 3.05) is 99.6 Å². The van der Waals surface area contributed by atoms with Crippen LogP contribution in [0.5, 0.6) is 17.2 Å². The van der Waals surface area contributed by atoms with Crippen LogP contribution in [-0.4, -0.2) is 141 Å². The van der Waals surface area contributed by atoms with E-state index < -0.39 is 5.69 Å². The normalized spacial score (nSPS) is 17.3. The average molecular weight is 949 g/mol. The van der Waals surface area contributed by atoms with Crippen LogP contribution in [0, 0.1) is 11.8 Å². The van der Waals surface area contributed by atoms with Gasteiger partial charge in [-0.25, -0.2) is 19.4 Å². The average Bonchev–Trinajstić information content (AvgIpc) is 3.74. The molecule has 0 atom stereocenters. The van der Waals surface area contributed by atoms with Gasteiger partial charge in [0.15, 0.2) is 11.6 Å². The Labute approximate surface area is 406 Å². The number of fused-ring (bicyclic) bond motifs is 2. The molecule has 3 saturated heterocycles. The van der Waals surface area contributed by atoms with Gasteiger partial charge >= 0.3 is 5.69 Å². The molecule has 18 heteroatoms. The molecule has 4 aliphatic rings. The SMILES string of the molecule is CCOc1cc(N2CCC(C(=O)N3CCC(CN4CCN(Cc5ccc(-n6c(-c7ccc(O)cc7O)n[nH]c6=O)cc5)CC4)CC3)CC2)ccc1Nc1ncc2c(n1)N(C)c1ccccc1C(=O)N2C. The molecule has 2 aromatic heterocycles. The van der Waals surface area contributed by atoms with Gasteiger partial charge in [0.2, 0.25) is 11.9 Å². The standard InChI is InChI=1S/C52H60N12O6/c1-4-70-46-29-38(13-16-42(46)54-51-53-31-44-48(55-51)58(2)43-8-6-5-7-40(43)50(68)59(44)3)62-23-19-36(20-24-62)49(67)63-21-17-35(18-22-63)33-61-27-25-60(26-28-61)32-34-9-11-37(12-10-34)64-47(56-57-52(64)69)41-15-14-39(65)30-45(41)66/h5-16,29-31,35-36,65-66H,4,17-28,32-33H2,1-3H3,(H,57,69)(H,53,54,55). The molecule has 0 radical (unpaired) electrons. The van der Waals surface area contributed by atoms with Crippen molar-refractivity contribution in [1.82, 2.24) is 39.4 Å². The number of piperazine rings is 1. The molecule has 10 rings (SSSR count). The van der Waals surface area contributed by atoms with Crippen molar-refractivity contribution in [1.29, 1.82) is 0 Å². The summed E-state index contributed by atoms with van der Waals surface area (Å²) in [6, 6.07) is 25.7. The van der Waals surface area contributed by atoms with Crippen molar-refractivity contribution in [3.05, 3.63) is 113 Å². The van der Waals surface area contributed by atoms with Crippen molar-refractivity contribution in [3.8, 4) is 34.3 Å². The number of H-pyrrole nitrogens is 1. The number of hydrogen-bond donors (Lipinski definition) is 4. The third-order valence-corrected chi connectivity index (χ3v) is 14.4. The van der Waals surface area contributed by atoms with Crippen molar-refractivity contribution >= 4 is 46.3 Å². The molecule has 3 fully saturated rings. The Balaban J connectivity index is 0.672. The smallest absolute Gasteiger partial charge is 0.348 e. The minimum Gasteiger partial charge on any atom is -0.508 e. The number of anilines is 6. The summed E-state index contributed by atoms with van der Waals surface area (Å²) in [6.07, 6.45) is 5.36. The molecule has 0 aliphatic carbocycles. The molecule has 0 spiro atoms. The van der Waals surface area contributed by atoms with E-state index in [0.717, 1.165) is 114 Å². The largest absolute Gasteiger partial charge is 0.508 e. The van der Waals surface area contributed by atoms with Crippen LogP contribution >= 0.6 is 0 Å². The predicted molar refractivity (Wildman–Crippen MR) is 269 cm³/mol. The monoisotopic (exact) mass is 948 g/mol. The van der Waals surface area contributed by atoms with E-state index in [4.69, 9.17) is 9.72 Å². The molecular formula is C52H60N12O6. The third kappa shape index (κ3) is 9.48. The van der Waals surface area contributed by atoms with E-state index in [0.29, 0.717) is 58.4 Å². The van der Waals surface area contributed by atoms with E-state index in [1.165, 1.54) is 22.8 Å². The lowest BCUT2D eigenvalue weighted by Crippen LogP contribution is -2.49.